The fourth-order valence-electron chi connectivity index (χ4n) is 1.46. The summed E-state index contributed by atoms with van der Waals surface area (Å²) >= 11 is 3.23. The van der Waals surface area contributed by atoms with E-state index in [1.165, 1.54) is 6.07 Å². The van der Waals surface area contributed by atoms with E-state index >= 15 is 0 Å². The second-order valence-corrected chi connectivity index (χ2v) is 4.84. The fraction of sp³-hybridized carbons (Fsp3) is 0.500. The third kappa shape index (κ3) is 4.60. The van der Waals surface area contributed by atoms with E-state index in [9.17, 15) is 4.39 Å². The van der Waals surface area contributed by atoms with Crippen LogP contribution in [0.4, 0.5) is 4.39 Å². The van der Waals surface area contributed by atoms with Crippen molar-refractivity contribution in [1.29, 1.82) is 0 Å². The fourth-order valence-corrected chi connectivity index (χ4v) is 1.79. The molecular formula is C12H17BrFNO. The number of benzene rings is 1. The molecule has 1 rings (SSSR count). The maximum atomic E-state index is 13.4. The number of nitrogens with one attached hydrogen (secondary N) is 1. The molecule has 0 aliphatic rings. The first-order valence-corrected chi connectivity index (χ1v) is 6.06. The summed E-state index contributed by atoms with van der Waals surface area (Å²) < 4.78 is 19.2. The molecule has 1 aromatic carbocycles. The van der Waals surface area contributed by atoms with Gasteiger partial charge in [0.1, 0.15) is 5.82 Å². The first kappa shape index (κ1) is 13.6. The van der Waals surface area contributed by atoms with Gasteiger partial charge in [0.25, 0.3) is 0 Å². The van der Waals surface area contributed by atoms with Crippen LogP contribution in [-0.2, 0) is 11.3 Å². The van der Waals surface area contributed by atoms with Crippen molar-refractivity contribution in [3.63, 3.8) is 0 Å². The van der Waals surface area contributed by atoms with Gasteiger partial charge in [-0.05, 0) is 18.1 Å². The molecule has 4 heteroatoms. The lowest BCUT2D eigenvalue weighted by atomic mass is 10.2. The summed E-state index contributed by atoms with van der Waals surface area (Å²) in [5, 5.41) is 3.21. The third-order valence-corrected chi connectivity index (χ3v) is 2.77. The highest BCUT2D eigenvalue weighted by atomic mass is 79.9. The van der Waals surface area contributed by atoms with E-state index in [1.807, 2.05) is 6.07 Å². The molecule has 0 fully saturated rings. The van der Waals surface area contributed by atoms with Crippen LogP contribution in [0.2, 0.25) is 0 Å². The minimum absolute atomic E-state index is 0.179. The maximum Gasteiger partial charge on any atom is 0.128 e. The Balaban J connectivity index is 2.37. The van der Waals surface area contributed by atoms with Crippen LogP contribution in [0, 0.1) is 11.7 Å². The number of rotatable bonds is 6. The van der Waals surface area contributed by atoms with E-state index in [0.717, 1.165) is 17.6 Å². The van der Waals surface area contributed by atoms with E-state index in [0.29, 0.717) is 18.0 Å². The summed E-state index contributed by atoms with van der Waals surface area (Å²) in [6, 6.07) is 5.11. The Hall–Kier alpha value is -0.450. The summed E-state index contributed by atoms with van der Waals surface area (Å²) in [4.78, 5) is 0. The van der Waals surface area contributed by atoms with Gasteiger partial charge in [0.15, 0.2) is 0 Å². The molecule has 0 bridgehead atoms. The second kappa shape index (κ2) is 6.99. The molecule has 1 atom stereocenters. The van der Waals surface area contributed by atoms with Crippen LogP contribution >= 0.6 is 15.9 Å². The molecule has 1 N–H and O–H groups in total. The van der Waals surface area contributed by atoms with Crippen LogP contribution in [0.15, 0.2) is 22.7 Å². The van der Waals surface area contributed by atoms with E-state index in [-0.39, 0.29) is 5.82 Å². The molecule has 0 heterocycles. The predicted octanol–water partition coefficient (Wildman–Crippen LogP) is 2.96. The third-order valence-electron chi connectivity index (χ3n) is 2.27. The van der Waals surface area contributed by atoms with Crippen LogP contribution in [0.25, 0.3) is 0 Å². The molecule has 1 aromatic rings. The van der Waals surface area contributed by atoms with Crippen molar-refractivity contribution in [3.8, 4) is 0 Å². The van der Waals surface area contributed by atoms with E-state index in [1.54, 1.807) is 13.2 Å². The quantitative estimate of drug-likeness (QED) is 0.869. The maximum absolute atomic E-state index is 13.4. The highest BCUT2D eigenvalue weighted by Gasteiger charge is 2.04. The molecular weight excluding hydrogens is 273 g/mol. The van der Waals surface area contributed by atoms with Crippen molar-refractivity contribution >= 4 is 15.9 Å². The zero-order chi connectivity index (χ0) is 12.0. The van der Waals surface area contributed by atoms with Crippen LogP contribution < -0.4 is 5.32 Å². The number of hydrogen-bond donors (Lipinski definition) is 1. The van der Waals surface area contributed by atoms with Gasteiger partial charge >= 0.3 is 0 Å². The number of hydrogen-bond acceptors (Lipinski definition) is 2. The number of methoxy groups -OCH3 is 1. The molecule has 0 aliphatic heterocycles. The first-order chi connectivity index (χ1) is 7.63. The largest absolute Gasteiger partial charge is 0.384 e. The van der Waals surface area contributed by atoms with Gasteiger partial charge in [-0.2, -0.15) is 0 Å². The van der Waals surface area contributed by atoms with Gasteiger partial charge in [0.2, 0.25) is 0 Å². The number of halogens is 2. The average molecular weight is 290 g/mol. The van der Waals surface area contributed by atoms with E-state index in [2.05, 4.69) is 28.2 Å². The molecule has 0 amide bonds. The topological polar surface area (TPSA) is 21.3 Å². The summed E-state index contributed by atoms with van der Waals surface area (Å²) in [7, 11) is 1.69. The molecule has 0 spiro atoms. The van der Waals surface area contributed by atoms with Crippen molar-refractivity contribution in [2.24, 2.45) is 5.92 Å². The van der Waals surface area contributed by atoms with Gasteiger partial charge < -0.3 is 10.1 Å². The normalized spacial score (nSPS) is 12.8. The molecule has 0 aromatic heterocycles. The van der Waals surface area contributed by atoms with Crippen molar-refractivity contribution < 1.29 is 9.13 Å². The van der Waals surface area contributed by atoms with Crippen molar-refractivity contribution in [2.45, 2.75) is 13.5 Å². The van der Waals surface area contributed by atoms with E-state index in [4.69, 9.17) is 4.74 Å². The van der Waals surface area contributed by atoms with Gasteiger partial charge in [0, 0.05) is 36.8 Å². The highest BCUT2D eigenvalue weighted by molar-refractivity contribution is 9.10. The van der Waals surface area contributed by atoms with Crippen molar-refractivity contribution in [1.82, 2.24) is 5.32 Å². The summed E-state index contributed by atoms with van der Waals surface area (Å²) in [5.41, 5.74) is 0.688. The lowest BCUT2D eigenvalue weighted by molar-refractivity contribution is 0.158. The van der Waals surface area contributed by atoms with Gasteiger partial charge in [-0.15, -0.1) is 0 Å². The smallest absolute Gasteiger partial charge is 0.128 e. The number of ether oxygens (including phenoxy) is 1. The van der Waals surface area contributed by atoms with Crippen molar-refractivity contribution in [3.05, 3.63) is 34.1 Å². The Bertz CT molecular complexity index is 333. The van der Waals surface area contributed by atoms with Crippen LogP contribution in [-0.4, -0.2) is 20.3 Å². The molecule has 0 radical (unpaired) electrons. The molecule has 0 saturated heterocycles. The standard InChI is InChI=1S/C12H17BrFNO/c1-9(8-16-2)6-15-7-10-3-4-11(13)5-12(10)14/h3-5,9,15H,6-8H2,1-2H3. The Labute approximate surface area is 104 Å². The Kier molecular flexibility index (Phi) is 5.95. The zero-order valence-electron chi connectivity index (χ0n) is 9.59. The van der Waals surface area contributed by atoms with Crippen LogP contribution in [0.1, 0.15) is 12.5 Å². The minimum atomic E-state index is -0.179. The lowest BCUT2D eigenvalue weighted by Crippen LogP contribution is -2.23. The van der Waals surface area contributed by atoms with E-state index < -0.39 is 0 Å². The summed E-state index contributed by atoms with van der Waals surface area (Å²) in [6.45, 7) is 4.18. The Morgan fingerprint density at radius 2 is 2.25 bits per heavy atom. The van der Waals surface area contributed by atoms with Crippen molar-refractivity contribution in [2.75, 3.05) is 20.3 Å². The van der Waals surface area contributed by atoms with Crippen LogP contribution in [0.3, 0.4) is 0 Å². The molecule has 90 valence electrons. The van der Waals surface area contributed by atoms with Gasteiger partial charge in [0.05, 0.1) is 0 Å². The summed E-state index contributed by atoms with van der Waals surface area (Å²) in [6.07, 6.45) is 0. The molecule has 16 heavy (non-hydrogen) atoms. The molecule has 0 aliphatic carbocycles. The summed E-state index contributed by atoms with van der Waals surface area (Å²) in [5.74, 6) is 0.254. The Morgan fingerprint density at radius 1 is 1.50 bits per heavy atom. The zero-order valence-corrected chi connectivity index (χ0v) is 11.2. The monoisotopic (exact) mass is 289 g/mol. The van der Waals surface area contributed by atoms with Gasteiger partial charge in [-0.3, -0.25) is 0 Å². The SMILES string of the molecule is COCC(C)CNCc1ccc(Br)cc1F. The molecule has 1 unspecified atom stereocenters. The Morgan fingerprint density at radius 3 is 2.88 bits per heavy atom. The van der Waals surface area contributed by atoms with Gasteiger partial charge in [-0.1, -0.05) is 28.9 Å². The molecule has 0 saturated carbocycles. The average Bonchev–Trinajstić information content (AvgIpc) is 2.22. The predicted molar refractivity (Wildman–Crippen MR) is 66.8 cm³/mol. The highest BCUT2D eigenvalue weighted by Crippen LogP contribution is 2.15. The van der Waals surface area contributed by atoms with Gasteiger partial charge in [-0.25, -0.2) is 4.39 Å². The first-order valence-electron chi connectivity index (χ1n) is 5.27. The molecule has 2 nitrogen and oxygen atoms in total. The second-order valence-electron chi connectivity index (χ2n) is 3.93. The minimum Gasteiger partial charge on any atom is -0.384 e. The lowest BCUT2D eigenvalue weighted by Gasteiger charge is -2.11. The van der Waals surface area contributed by atoms with Crippen LogP contribution in [0.5, 0.6) is 0 Å².